The lowest BCUT2D eigenvalue weighted by Crippen LogP contribution is -2.37. The predicted octanol–water partition coefficient (Wildman–Crippen LogP) is 1.76. The standard InChI is InChI=1S/C12H20N2O2S/c1-10(11-4-7-17-9-11)14(8-12(15)16)6-5-13(2)3/h4,7,9-10H,5-6,8H2,1-3H3,(H,15,16). The molecule has 0 radical (unpaired) electrons. The third kappa shape index (κ3) is 4.85. The van der Waals surface area contributed by atoms with E-state index >= 15 is 0 Å². The molecule has 0 aliphatic rings. The zero-order valence-electron chi connectivity index (χ0n) is 10.6. The number of thiophene rings is 1. The molecule has 96 valence electrons. The molecule has 1 N–H and O–H groups in total. The second-order valence-corrected chi connectivity index (χ2v) is 5.18. The van der Waals surface area contributed by atoms with Crippen molar-refractivity contribution in [1.82, 2.24) is 9.80 Å². The van der Waals surface area contributed by atoms with E-state index in [9.17, 15) is 4.79 Å². The highest BCUT2D eigenvalue weighted by molar-refractivity contribution is 7.07. The molecule has 4 nitrogen and oxygen atoms in total. The van der Waals surface area contributed by atoms with Gasteiger partial charge in [-0.3, -0.25) is 9.69 Å². The van der Waals surface area contributed by atoms with Crippen molar-refractivity contribution in [2.45, 2.75) is 13.0 Å². The molecule has 1 rings (SSSR count). The molecule has 0 saturated carbocycles. The summed E-state index contributed by atoms with van der Waals surface area (Å²) in [6.07, 6.45) is 0. The van der Waals surface area contributed by atoms with Crippen LogP contribution in [0.15, 0.2) is 16.8 Å². The van der Waals surface area contributed by atoms with Gasteiger partial charge in [0.05, 0.1) is 6.54 Å². The molecule has 1 atom stereocenters. The average molecular weight is 256 g/mol. The maximum Gasteiger partial charge on any atom is 0.317 e. The molecule has 0 aliphatic heterocycles. The minimum Gasteiger partial charge on any atom is -0.480 e. The molecule has 0 amide bonds. The summed E-state index contributed by atoms with van der Waals surface area (Å²) in [6, 6.07) is 2.21. The first kappa shape index (κ1) is 14.2. The highest BCUT2D eigenvalue weighted by Crippen LogP contribution is 2.21. The number of carbonyl (C=O) groups is 1. The maximum atomic E-state index is 10.9. The van der Waals surface area contributed by atoms with E-state index < -0.39 is 5.97 Å². The number of carboxylic acids is 1. The molecular weight excluding hydrogens is 236 g/mol. The fourth-order valence-corrected chi connectivity index (χ4v) is 2.38. The molecule has 1 aromatic rings. The van der Waals surface area contributed by atoms with Gasteiger partial charge in [-0.05, 0) is 43.4 Å². The topological polar surface area (TPSA) is 43.8 Å². The third-order valence-corrected chi connectivity index (χ3v) is 3.45. The minimum absolute atomic E-state index is 0.0881. The number of aliphatic carboxylic acids is 1. The normalized spacial score (nSPS) is 13.2. The van der Waals surface area contributed by atoms with Gasteiger partial charge in [0, 0.05) is 19.1 Å². The molecule has 0 bridgehead atoms. The minimum atomic E-state index is -0.772. The van der Waals surface area contributed by atoms with Crippen LogP contribution < -0.4 is 0 Å². The van der Waals surface area contributed by atoms with E-state index in [2.05, 4.69) is 23.3 Å². The van der Waals surface area contributed by atoms with Gasteiger partial charge < -0.3 is 10.0 Å². The van der Waals surface area contributed by atoms with E-state index in [1.165, 1.54) is 5.56 Å². The summed E-state index contributed by atoms with van der Waals surface area (Å²) >= 11 is 1.64. The van der Waals surface area contributed by atoms with E-state index in [0.29, 0.717) is 0 Å². The lowest BCUT2D eigenvalue weighted by Gasteiger charge is -2.28. The van der Waals surface area contributed by atoms with Gasteiger partial charge >= 0.3 is 5.97 Å². The van der Waals surface area contributed by atoms with Crippen LogP contribution in [0.4, 0.5) is 0 Å². The van der Waals surface area contributed by atoms with Gasteiger partial charge in [-0.2, -0.15) is 11.3 Å². The smallest absolute Gasteiger partial charge is 0.317 e. The van der Waals surface area contributed by atoms with Gasteiger partial charge in [-0.1, -0.05) is 0 Å². The SMILES string of the molecule is CC(c1ccsc1)N(CCN(C)C)CC(=O)O. The van der Waals surface area contributed by atoms with E-state index in [0.717, 1.165) is 13.1 Å². The molecular formula is C12H20N2O2S. The number of rotatable bonds is 7. The number of hydrogen-bond donors (Lipinski definition) is 1. The lowest BCUT2D eigenvalue weighted by atomic mass is 10.1. The monoisotopic (exact) mass is 256 g/mol. The van der Waals surface area contributed by atoms with Gasteiger partial charge in [0.25, 0.3) is 0 Å². The Morgan fingerprint density at radius 1 is 1.47 bits per heavy atom. The van der Waals surface area contributed by atoms with Gasteiger partial charge in [0.1, 0.15) is 0 Å². The number of nitrogens with zero attached hydrogens (tertiary/aromatic N) is 2. The molecule has 0 aliphatic carbocycles. The fourth-order valence-electron chi connectivity index (χ4n) is 1.64. The molecule has 1 heterocycles. The van der Waals surface area contributed by atoms with Crippen molar-refractivity contribution in [2.75, 3.05) is 33.7 Å². The fraction of sp³-hybridized carbons (Fsp3) is 0.583. The Labute approximate surface area is 106 Å². The molecule has 1 aromatic heterocycles. The van der Waals surface area contributed by atoms with E-state index in [-0.39, 0.29) is 12.6 Å². The van der Waals surface area contributed by atoms with Gasteiger partial charge in [0.15, 0.2) is 0 Å². The largest absolute Gasteiger partial charge is 0.480 e. The summed E-state index contributed by atoms with van der Waals surface area (Å²) in [7, 11) is 3.99. The summed E-state index contributed by atoms with van der Waals surface area (Å²) in [4.78, 5) is 14.9. The van der Waals surface area contributed by atoms with Crippen molar-refractivity contribution >= 4 is 17.3 Å². The Kier molecular flexibility index (Phi) is 5.61. The Bertz CT molecular complexity index is 338. The quantitative estimate of drug-likeness (QED) is 0.807. The Balaban J connectivity index is 2.64. The number of hydrogen-bond acceptors (Lipinski definition) is 4. The van der Waals surface area contributed by atoms with Gasteiger partial charge in [-0.15, -0.1) is 0 Å². The van der Waals surface area contributed by atoms with Crippen LogP contribution in [-0.2, 0) is 4.79 Å². The highest BCUT2D eigenvalue weighted by atomic mass is 32.1. The van der Waals surface area contributed by atoms with Crippen molar-refractivity contribution in [2.24, 2.45) is 0 Å². The Morgan fingerprint density at radius 3 is 2.65 bits per heavy atom. The first-order chi connectivity index (χ1) is 8.00. The summed E-state index contributed by atoms with van der Waals surface area (Å²) in [5, 5.41) is 13.0. The molecule has 17 heavy (non-hydrogen) atoms. The molecule has 0 spiro atoms. The summed E-state index contributed by atoms with van der Waals surface area (Å²) in [5.41, 5.74) is 1.19. The molecule has 1 unspecified atom stereocenters. The van der Waals surface area contributed by atoms with Crippen LogP contribution in [0.3, 0.4) is 0 Å². The van der Waals surface area contributed by atoms with Crippen molar-refractivity contribution in [1.29, 1.82) is 0 Å². The average Bonchev–Trinajstić information content (AvgIpc) is 2.75. The van der Waals surface area contributed by atoms with E-state index in [1.807, 2.05) is 24.4 Å². The molecule has 0 aromatic carbocycles. The van der Waals surface area contributed by atoms with Crippen molar-refractivity contribution in [3.63, 3.8) is 0 Å². The lowest BCUT2D eigenvalue weighted by molar-refractivity contribution is -0.138. The summed E-state index contributed by atoms with van der Waals surface area (Å²) in [5.74, 6) is -0.772. The van der Waals surface area contributed by atoms with Crippen LogP contribution in [0.2, 0.25) is 0 Å². The molecule has 0 saturated heterocycles. The highest BCUT2D eigenvalue weighted by Gasteiger charge is 2.18. The van der Waals surface area contributed by atoms with E-state index in [1.54, 1.807) is 11.3 Å². The third-order valence-electron chi connectivity index (χ3n) is 2.75. The summed E-state index contributed by atoms with van der Waals surface area (Å²) < 4.78 is 0. The summed E-state index contributed by atoms with van der Waals surface area (Å²) in [6.45, 7) is 3.77. The Hall–Kier alpha value is -0.910. The second-order valence-electron chi connectivity index (χ2n) is 4.40. The first-order valence-electron chi connectivity index (χ1n) is 5.63. The van der Waals surface area contributed by atoms with Crippen molar-refractivity contribution in [3.05, 3.63) is 22.4 Å². The van der Waals surface area contributed by atoms with Crippen LogP contribution >= 0.6 is 11.3 Å². The van der Waals surface area contributed by atoms with E-state index in [4.69, 9.17) is 5.11 Å². The van der Waals surface area contributed by atoms with Crippen LogP contribution in [0, 0.1) is 0 Å². The predicted molar refractivity (Wildman–Crippen MR) is 70.5 cm³/mol. The zero-order valence-corrected chi connectivity index (χ0v) is 11.4. The Morgan fingerprint density at radius 2 is 2.18 bits per heavy atom. The maximum absolute atomic E-state index is 10.9. The van der Waals surface area contributed by atoms with Gasteiger partial charge in [0.2, 0.25) is 0 Å². The van der Waals surface area contributed by atoms with Gasteiger partial charge in [-0.25, -0.2) is 0 Å². The first-order valence-corrected chi connectivity index (χ1v) is 6.57. The number of likely N-dealkylation sites (N-methyl/N-ethyl adjacent to an activating group) is 1. The second kappa shape index (κ2) is 6.74. The number of carboxylic acid groups (broad SMARTS) is 1. The zero-order chi connectivity index (χ0) is 12.8. The van der Waals surface area contributed by atoms with Crippen LogP contribution in [0.1, 0.15) is 18.5 Å². The van der Waals surface area contributed by atoms with Crippen molar-refractivity contribution < 1.29 is 9.90 Å². The van der Waals surface area contributed by atoms with Crippen molar-refractivity contribution in [3.8, 4) is 0 Å². The molecule has 0 fully saturated rings. The molecule has 5 heteroatoms. The van der Waals surface area contributed by atoms with Crippen LogP contribution in [0.5, 0.6) is 0 Å². The van der Waals surface area contributed by atoms with Crippen LogP contribution in [0.25, 0.3) is 0 Å². The van der Waals surface area contributed by atoms with Crippen LogP contribution in [-0.4, -0.2) is 54.6 Å².